The van der Waals surface area contributed by atoms with Crippen LogP contribution in [0.15, 0.2) is 64.2 Å². The number of aromatic nitrogens is 2. The van der Waals surface area contributed by atoms with E-state index in [9.17, 15) is 14.4 Å². The SMILES string of the molecule is COc1ccc(NC(=O)Cn2c(=O)n(-c3ccccc3)c(=O)c3cc(C)sc32)cc1Cl. The number of methoxy groups -OCH3 is 1. The molecule has 4 aromatic rings. The number of nitrogens with one attached hydrogen (secondary N) is 1. The number of thiophene rings is 1. The summed E-state index contributed by atoms with van der Waals surface area (Å²) in [4.78, 5) is 40.4. The second-order valence-electron chi connectivity index (χ2n) is 6.82. The number of anilines is 1. The Morgan fingerprint density at radius 3 is 2.55 bits per heavy atom. The molecule has 0 aliphatic heterocycles. The number of hydrogen-bond acceptors (Lipinski definition) is 5. The van der Waals surface area contributed by atoms with Crippen molar-refractivity contribution in [3.63, 3.8) is 0 Å². The minimum absolute atomic E-state index is 0.258. The van der Waals surface area contributed by atoms with Crippen molar-refractivity contribution in [2.24, 2.45) is 0 Å². The van der Waals surface area contributed by atoms with Gasteiger partial charge in [0.05, 0.1) is 23.2 Å². The van der Waals surface area contributed by atoms with Crippen LogP contribution >= 0.6 is 22.9 Å². The van der Waals surface area contributed by atoms with E-state index in [0.29, 0.717) is 32.4 Å². The molecular weight excluding hydrogens is 438 g/mol. The molecule has 1 N–H and O–H groups in total. The van der Waals surface area contributed by atoms with Crippen molar-refractivity contribution >= 4 is 44.7 Å². The summed E-state index contributed by atoms with van der Waals surface area (Å²) < 4.78 is 7.52. The fourth-order valence-corrected chi connectivity index (χ4v) is 4.55. The number of aryl methyl sites for hydroxylation is 1. The molecule has 4 rings (SSSR count). The van der Waals surface area contributed by atoms with Crippen LogP contribution in [0, 0.1) is 6.92 Å². The van der Waals surface area contributed by atoms with Gasteiger partial charge in [-0.2, -0.15) is 0 Å². The summed E-state index contributed by atoms with van der Waals surface area (Å²) in [5, 5.41) is 3.48. The van der Waals surface area contributed by atoms with Crippen molar-refractivity contribution in [1.82, 2.24) is 9.13 Å². The maximum absolute atomic E-state index is 13.3. The molecule has 31 heavy (non-hydrogen) atoms. The standard InChI is InChI=1S/C22H18ClN3O4S/c1-13-10-16-20(28)26(15-6-4-3-5-7-15)22(29)25(21(16)31-13)12-19(27)24-14-8-9-18(30-2)17(23)11-14/h3-11H,12H2,1-2H3,(H,24,27). The van der Waals surface area contributed by atoms with Crippen LogP contribution in [0.2, 0.25) is 5.02 Å². The van der Waals surface area contributed by atoms with E-state index in [4.69, 9.17) is 16.3 Å². The number of hydrogen-bond donors (Lipinski definition) is 1. The van der Waals surface area contributed by atoms with Gasteiger partial charge in [0.15, 0.2) is 0 Å². The maximum atomic E-state index is 13.3. The largest absolute Gasteiger partial charge is 0.495 e. The van der Waals surface area contributed by atoms with Gasteiger partial charge < -0.3 is 10.1 Å². The molecule has 158 valence electrons. The number of halogens is 1. The smallest absolute Gasteiger partial charge is 0.337 e. The van der Waals surface area contributed by atoms with Gasteiger partial charge in [-0.15, -0.1) is 11.3 Å². The molecule has 0 saturated carbocycles. The zero-order valence-electron chi connectivity index (χ0n) is 16.7. The monoisotopic (exact) mass is 455 g/mol. The molecule has 7 nitrogen and oxygen atoms in total. The number of ether oxygens (including phenoxy) is 1. The Balaban J connectivity index is 1.77. The zero-order valence-corrected chi connectivity index (χ0v) is 18.3. The minimum atomic E-state index is -0.575. The van der Waals surface area contributed by atoms with Gasteiger partial charge in [-0.05, 0) is 43.3 Å². The lowest BCUT2D eigenvalue weighted by Crippen LogP contribution is -2.40. The first-order valence-corrected chi connectivity index (χ1v) is 10.5. The summed E-state index contributed by atoms with van der Waals surface area (Å²) in [6.07, 6.45) is 0. The first-order chi connectivity index (χ1) is 14.9. The summed E-state index contributed by atoms with van der Waals surface area (Å²) in [5.41, 5.74) is -0.0687. The number of carbonyl (C=O) groups excluding carboxylic acids is 1. The molecule has 0 fully saturated rings. The highest BCUT2D eigenvalue weighted by molar-refractivity contribution is 7.18. The molecule has 9 heteroatoms. The van der Waals surface area contributed by atoms with Crippen molar-refractivity contribution in [1.29, 1.82) is 0 Å². The van der Waals surface area contributed by atoms with E-state index >= 15 is 0 Å². The highest BCUT2D eigenvalue weighted by Gasteiger charge is 2.18. The summed E-state index contributed by atoms with van der Waals surface area (Å²) in [6, 6.07) is 15.2. The van der Waals surface area contributed by atoms with E-state index in [1.807, 2.05) is 6.92 Å². The molecule has 0 radical (unpaired) electrons. The molecule has 0 spiro atoms. The average molecular weight is 456 g/mol. The second kappa shape index (κ2) is 8.41. The Hall–Kier alpha value is -3.36. The van der Waals surface area contributed by atoms with Gasteiger partial charge in [-0.3, -0.25) is 14.2 Å². The average Bonchev–Trinajstić information content (AvgIpc) is 3.14. The van der Waals surface area contributed by atoms with Crippen LogP contribution in [-0.2, 0) is 11.3 Å². The van der Waals surface area contributed by atoms with Crippen LogP contribution in [0.1, 0.15) is 4.88 Å². The third kappa shape index (κ3) is 3.99. The van der Waals surface area contributed by atoms with E-state index in [1.54, 1.807) is 54.6 Å². The topological polar surface area (TPSA) is 82.3 Å². The highest BCUT2D eigenvalue weighted by Crippen LogP contribution is 2.27. The van der Waals surface area contributed by atoms with Gasteiger partial charge in [-0.1, -0.05) is 29.8 Å². The second-order valence-corrected chi connectivity index (χ2v) is 8.46. The Bertz CT molecular complexity index is 1410. The fourth-order valence-electron chi connectivity index (χ4n) is 3.30. The molecular formula is C22H18ClN3O4S. The summed E-state index contributed by atoms with van der Waals surface area (Å²) in [6.45, 7) is 1.59. The van der Waals surface area contributed by atoms with Crippen LogP contribution in [0.5, 0.6) is 5.75 Å². The van der Waals surface area contributed by atoms with Crippen molar-refractivity contribution in [3.05, 3.63) is 85.3 Å². The summed E-state index contributed by atoms with van der Waals surface area (Å²) in [7, 11) is 1.50. The molecule has 0 unspecified atom stereocenters. The Kier molecular flexibility index (Phi) is 5.67. The fraction of sp³-hybridized carbons (Fsp3) is 0.136. The summed E-state index contributed by atoms with van der Waals surface area (Å²) >= 11 is 7.42. The Morgan fingerprint density at radius 1 is 1.13 bits per heavy atom. The first-order valence-electron chi connectivity index (χ1n) is 9.34. The van der Waals surface area contributed by atoms with E-state index in [0.717, 1.165) is 9.44 Å². The van der Waals surface area contributed by atoms with Gasteiger partial charge in [0.25, 0.3) is 5.56 Å². The van der Waals surface area contributed by atoms with E-state index in [2.05, 4.69) is 5.32 Å². The van der Waals surface area contributed by atoms with E-state index in [-0.39, 0.29) is 6.54 Å². The van der Waals surface area contributed by atoms with Gasteiger partial charge >= 0.3 is 5.69 Å². The highest BCUT2D eigenvalue weighted by atomic mass is 35.5. The molecule has 2 heterocycles. The predicted molar refractivity (Wildman–Crippen MR) is 123 cm³/mol. The number of carbonyl (C=O) groups is 1. The lowest BCUT2D eigenvalue weighted by molar-refractivity contribution is -0.116. The molecule has 0 saturated heterocycles. The minimum Gasteiger partial charge on any atom is -0.495 e. The lowest BCUT2D eigenvalue weighted by Gasteiger charge is -2.13. The van der Waals surface area contributed by atoms with E-state index < -0.39 is 17.2 Å². The van der Waals surface area contributed by atoms with Crippen molar-refractivity contribution in [2.45, 2.75) is 13.5 Å². The maximum Gasteiger partial charge on any atom is 0.337 e. The van der Waals surface area contributed by atoms with Gasteiger partial charge in [0, 0.05) is 10.6 Å². The molecule has 0 bridgehead atoms. The van der Waals surface area contributed by atoms with Crippen molar-refractivity contribution in [2.75, 3.05) is 12.4 Å². The Morgan fingerprint density at radius 2 is 1.87 bits per heavy atom. The number of nitrogens with zero attached hydrogens (tertiary/aromatic N) is 2. The number of benzene rings is 2. The third-order valence-electron chi connectivity index (χ3n) is 4.69. The molecule has 0 aliphatic carbocycles. The number of para-hydroxylation sites is 1. The molecule has 2 aromatic carbocycles. The first kappa shape index (κ1) is 20.9. The van der Waals surface area contributed by atoms with Crippen molar-refractivity contribution in [3.8, 4) is 11.4 Å². The van der Waals surface area contributed by atoms with Crippen LogP contribution in [0.4, 0.5) is 5.69 Å². The number of fused-ring (bicyclic) bond motifs is 1. The zero-order chi connectivity index (χ0) is 22.1. The number of amides is 1. The Labute approximate surface area is 186 Å². The molecule has 0 aliphatic rings. The third-order valence-corrected chi connectivity index (χ3v) is 6.06. The van der Waals surface area contributed by atoms with Gasteiger partial charge in [0.2, 0.25) is 5.91 Å². The van der Waals surface area contributed by atoms with E-state index in [1.165, 1.54) is 23.0 Å². The molecule has 0 atom stereocenters. The molecule has 1 amide bonds. The van der Waals surface area contributed by atoms with Crippen LogP contribution in [-0.4, -0.2) is 22.2 Å². The lowest BCUT2D eigenvalue weighted by atomic mass is 10.3. The van der Waals surface area contributed by atoms with Crippen molar-refractivity contribution < 1.29 is 9.53 Å². The van der Waals surface area contributed by atoms with Gasteiger partial charge in [-0.25, -0.2) is 9.36 Å². The normalized spacial score (nSPS) is 10.9. The predicted octanol–water partition coefficient (Wildman–Crippen LogP) is 3.82. The quantitative estimate of drug-likeness (QED) is 0.496. The number of rotatable bonds is 5. The summed E-state index contributed by atoms with van der Waals surface area (Å²) in [5.74, 6) is 0.0653. The van der Waals surface area contributed by atoms with Crippen LogP contribution < -0.4 is 21.3 Å². The van der Waals surface area contributed by atoms with Crippen LogP contribution in [0.25, 0.3) is 15.9 Å². The van der Waals surface area contributed by atoms with Gasteiger partial charge in [0.1, 0.15) is 17.1 Å². The molecule has 2 aromatic heterocycles. The van der Waals surface area contributed by atoms with Crippen LogP contribution in [0.3, 0.4) is 0 Å².